The molecule has 2 atom stereocenters. The molecule has 0 spiro atoms. The third kappa shape index (κ3) is 4.55. The summed E-state index contributed by atoms with van der Waals surface area (Å²) in [6.07, 6.45) is 1.50. The first-order chi connectivity index (χ1) is 12.4. The number of rotatable bonds is 4. The Balaban J connectivity index is 0.00000261. The molecule has 3 rings (SSSR count). The summed E-state index contributed by atoms with van der Waals surface area (Å²) in [5.41, 5.74) is 8.90. The van der Waals surface area contributed by atoms with Crippen LogP contribution in [0.4, 0.5) is 0 Å². The molecule has 0 heterocycles. The van der Waals surface area contributed by atoms with Gasteiger partial charge in [0.05, 0.1) is 18.7 Å². The van der Waals surface area contributed by atoms with Gasteiger partial charge < -0.3 is 15.8 Å². The van der Waals surface area contributed by atoms with Crippen molar-refractivity contribution < 1.29 is 14.3 Å². The van der Waals surface area contributed by atoms with Gasteiger partial charge in [0.1, 0.15) is 6.04 Å². The number of benzene rings is 2. The van der Waals surface area contributed by atoms with Gasteiger partial charge in [-0.05, 0) is 53.8 Å². The minimum absolute atomic E-state index is 0. The number of fused-ring (bicyclic) bond motifs is 1. The van der Waals surface area contributed by atoms with Crippen molar-refractivity contribution in [2.24, 2.45) is 5.73 Å². The maximum absolute atomic E-state index is 12.6. The monoisotopic (exact) mass is 428 g/mol. The van der Waals surface area contributed by atoms with E-state index in [9.17, 15) is 9.59 Å². The Morgan fingerprint density at radius 1 is 1.26 bits per heavy atom. The van der Waals surface area contributed by atoms with Crippen molar-refractivity contribution in [3.63, 3.8) is 0 Å². The Labute approximate surface area is 173 Å². The van der Waals surface area contributed by atoms with Gasteiger partial charge in [-0.1, -0.05) is 35.3 Å². The largest absolute Gasteiger partial charge is 0.465 e. The van der Waals surface area contributed by atoms with Gasteiger partial charge in [0, 0.05) is 10.0 Å². The first kappa shape index (κ1) is 21.5. The van der Waals surface area contributed by atoms with E-state index in [1.54, 1.807) is 30.3 Å². The van der Waals surface area contributed by atoms with Crippen LogP contribution in [0.3, 0.4) is 0 Å². The molecule has 1 aliphatic carbocycles. The van der Waals surface area contributed by atoms with Crippen LogP contribution in [0.1, 0.15) is 45.6 Å². The summed E-state index contributed by atoms with van der Waals surface area (Å²) in [6.45, 7) is 0. The number of esters is 1. The molecule has 0 aromatic heterocycles. The zero-order valence-electron chi connectivity index (χ0n) is 14.5. The summed E-state index contributed by atoms with van der Waals surface area (Å²) in [6, 6.07) is 8.97. The van der Waals surface area contributed by atoms with Crippen molar-refractivity contribution in [1.82, 2.24) is 5.32 Å². The fourth-order valence-electron chi connectivity index (χ4n) is 3.18. The van der Waals surface area contributed by atoms with Gasteiger partial charge in [0.25, 0.3) is 0 Å². The number of nitrogens with two attached hydrogens (primary N) is 1. The molecule has 2 unspecified atom stereocenters. The topological polar surface area (TPSA) is 81.4 Å². The average Bonchev–Trinajstić information content (AvgIpc) is 3.03. The second-order valence-corrected chi connectivity index (χ2v) is 6.99. The second kappa shape index (κ2) is 8.93. The number of halogens is 3. The lowest BCUT2D eigenvalue weighted by molar-refractivity contribution is -0.123. The highest BCUT2D eigenvalue weighted by Gasteiger charge is 2.28. The molecule has 5 nitrogen and oxygen atoms in total. The molecule has 3 N–H and O–H groups in total. The van der Waals surface area contributed by atoms with Crippen LogP contribution in [0.2, 0.25) is 10.0 Å². The molecule has 2 aromatic rings. The fourth-order valence-corrected chi connectivity index (χ4v) is 3.79. The molecule has 1 aliphatic rings. The maximum atomic E-state index is 12.6. The van der Waals surface area contributed by atoms with Crippen molar-refractivity contribution in [3.05, 3.63) is 68.7 Å². The summed E-state index contributed by atoms with van der Waals surface area (Å²) in [7, 11) is 1.30. The number of hydrogen-bond acceptors (Lipinski definition) is 4. The highest BCUT2D eigenvalue weighted by molar-refractivity contribution is 6.35. The molecule has 0 aliphatic heterocycles. The van der Waals surface area contributed by atoms with Crippen LogP contribution in [-0.4, -0.2) is 19.0 Å². The summed E-state index contributed by atoms with van der Waals surface area (Å²) in [5, 5.41) is 4.10. The van der Waals surface area contributed by atoms with E-state index in [2.05, 4.69) is 5.32 Å². The van der Waals surface area contributed by atoms with Crippen LogP contribution in [-0.2, 0) is 16.0 Å². The Bertz CT molecular complexity index is 873. The SMILES string of the molecule is COC(=O)c1cccc(C(N)C(=O)NC2CCc3c(Cl)cc(Cl)cc32)c1.Cl. The maximum Gasteiger partial charge on any atom is 0.337 e. The first-order valence-electron chi connectivity index (χ1n) is 8.12. The molecule has 1 amide bonds. The molecule has 0 radical (unpaired) electrons. The van der Waals surface area contributed by atoms with Crippen LogP contribution in [0.15, 0.2) is 36.4 Å². The zero-order chi connectivity index (χ0) is 18.8. The lowest BCUT2D eigenvalue weighted by atomic mass is 10.0. The number of ether oxygens (including phenoxy) is 1. The third-order valence-electron chi connectivity index (χ3n) is 4.52. The predicted molar refractivity (Wildman–Crippen MR) is 108 cm³/mol. The zero-order valence-corrected chi connectivity index (χ0v) is 16.8. The normalized spacial score (nSPS) is 16.1. The summed E-state index contributed by atoms with van der Waals surface area (Å²) >= 11 is 12.3. The number of carbonyl (C=O) groups is 2. The fraction of sp³-hybridized carbons (Fsp3) is 0.263. The Morgan fingerprint density at radius 3 is 2.70 bits per heavy atom. The molecule has 0 saturated carbocycles. The second-order valence-electron chi connectivity index (χ2n) is 6.15. The molecule has 27 heavy (non-hydrogen) atoms. The van der Waals surface area contributed by atoms with E-state index >= 15 is 0 Å². The minimum atomic E-state index is -0.904. The minimum Gasteiger partial charge on any atom is -0.465 e. The van der Waals surface area contributed by atoms with Gasteiger partial charge in [-0.15, -0.1) is 12.4 Å². The van der Waals surface area contributed by atoms with E-state index in [0.29, 0.717) is 21.2 Å². The third-order valence-corrected chi connectivity index (χ3v) is 5.07. The van der Waals surface area contributed by atoms with Gasteiger partial charge in [-0.2, -0.15) is 0 Å². The van der Waals surface area contributed by atoms with E-state index in [1.165, 1.54) is 7.11 Å². The quantitative estimate of drug-likeness (QED) is 0.720. The molecule has 0 bridgehead atoms. The van der Waals surface area contributed by atoms with Crippen molar-refractivity contribution in [2.75, 3.05) is 7.11 Å². The Morgan fingerprint density at radius 2 is 2.00 bits per heavy atom. The Kier molecular flexibility index (Phi) is 7.12. The standard InChI is InChI=1S/C19H18Cl2N2O3.ClH/c1-26-19(25)11-4-2-3-10(7-11)17(22)18(24)23-16-6-5-13-14(16)8-12(20)9-15(13)21;/h2-4,7-9,16-17H,5-6,22H2,1H3,(H,23,24);1H. The van der Waals surface area contributed by atoms with Crippen LogP contribution >= 0.6 is 35.6 Å². The van der Waals surface area contributed by atoms with Crippen LogP contribution in [0.5, 0.6) is 0 Å². The van der Waals surface area contributed by atoms with E-state index in [4.69, 9.17) is 33.7 Å². The highest BCUT2D eigenvalue weighted by Crippen LogP contribution is 2.38. The molecular weight excluding hydrogens is 411 g/mol. The van der Waals surface area contributed by atoms with E-state index in [-0.39, 0.29) is 24.4 Å². The van der Waals surface area contributed by atoms with Crippen LogP contribution in [0.25, 0.3) is 0 Å². The van der Waals surface area contributed by atoms with Crippen molar-refractivity contribution >= 4 is 47.5 Å². The van der Waals surface area contributed by atoms with Gasteiger partial charge in [0.2, 0.25) is 5.91 Å². The first-order valence-corrected chi connectivity index (χ1v) is 8.88. The average molecular weight is 430 g/mol. The van der Waals surface area contributed by atoms with Gasteiger partial charge in [0.15, 0.2) is 0 Å². The number of methoxy groups -OCH3 is 1. The molecule has 8 heteroatoms. The molecule has 0 saturated heterocycles. The van der Waals surface area contributed by atoms with Gasteiger partial charge in [-0.3, -0.25) is 4.79 Å². The van der Waals surface area contributed by atoms with Gasteiger partial charge >= 0.3 is 5.97 Å². The van der Waals surface area contributed by atoms with E-state index < -0.39 is 12.0 Å². The molecular formula is C19H19Cl3N2O3. The smallest absolute Gasteiger partial charge is 0.337 e. The van der Waals surface area contributed by atoms with E-state index in [1.807, 2.05) is 6.07 Å². The Hall–Kier alpha value is -1.79. The number of amides is 1. The number of carbonyl (C=O) groups excluding carboxylic acids is 2. The predicted octanol–water partition coefficient (Wildman–Crippen LogP) is 4.01. The van der Waals surface area contributed by atoms with Gasteiger partial charge in [-0.25, -0.2) is 4.79 Å². The summed E-state index contributed by atoms with van der Waals surface area (Å²) < 4.78 is 4.70. The van der Waals surface area contributed by atoms with Crippen molar-refractivity contribution in [2.45, 2.75) is 24.9 Å². The lowest BCUT2D eigenvalue weighted by Crippen LogP contribution is -2.36. The van der Waals surface area contributed by atoms with Crippen molar-refractivity contribution in [3.8, 4) is 0 Å². The number of hydrogen-bond donors (Lipinski definition) is 2. The van der Waals surface area contributed by atoms with E-state index in [0.717, 1.165) is 24.0 Å². The van der Waals surface area contributed by atoms with Crippen LogP contribution < -0.4 is 11.1 Å². The number of nitrogens with one attached hydrogen (secondary N) is 1. The highest BCUT2D eigenvalue weighted by atomic mass is 35.5. The molecule has 0 fully saturated rings. The van der Waals surface area contributed by atoms with Crippen LogP contribution in [0, 0.1) is 0 Å². The molecule has 2 aromatic carbocycles. The molecule has 144 valence electrons. The van der Waals surface area contributed by atoms with Crippen molar-refractivity contribution in [1.29, 1.82) is 0 Å². The lowest BCUT2D eigenvalue weighted by Gasteiger charge is -2.19. The summed E-state index contributed by atoms with van der Waals surface area (Å²) in [4.78, 5) is 24.3. The summed E-state index contributed by atoms with van der Waals surface area (Å²) in [5.74, 6) is -0.811.